The van der Waals surface area contributed by atoms with Gasteiger partial charge in [0, 0.05) is 23.6 Å². The highest BCUT2D eigenvalue weighted by molar-refractivity contribution is 5.62. The van der Waals surface area contributed by atoms with Gasteiger partial charge in [0.15, 0.2) is 0 Å². The minimum atomic E-state index is 0.184. The Morgan fingerprint density at radius 3 is 2.44 bits per heavy atom. The van der Waals surface area contributed by atoms with E-state index >= 15 is 0 Å². The molecule has 2 aromatic rings. The molecule has 4 heteroatoms. The van der Waals surface area contributed by atoms with Crippen molar-refractivity contribution in [1.29, 1.82) is 0 Å². The zero-order valence-electron chi connectivity index (χ0n) is 10.6. The fourth-order valence-electron chi connectivity index (χ4n) is 1.58. The lowest BCUT2D eigenvalue weighted by atomic mass is 10.3. The van der Waals surface area contributed by atoms with Crippen molar-refractivity contribution >= 4 is 17.2 Å². The maximum absolute atomic E-state index is 5.62. The lowest BCUT2D eigenvalue weighted by Gasteiger charge is -2.11. The Labute approximate surface area is 107 Å². The van der Waals surface area contributed by atoms with Crippen molar-refractivity contribution in [2.24, 2.45) is 0 Å². The first-order valence-electron chi connectivity index (χ1n) is 5.89. The molecule has 0 amide bonds. The number of hydrogen-bond donors (Lipinski definition) is 2. The average molecular weight is 243 g/mol. The second kappa shape index (κ2) is 5.40. The first-order valence-corrected chi connectivity index (χ1v) is 5.89. The van der Waals surface area contributed by atoms with Crippen LogP contribution in [0.2, 0.25) is 0 Å². The summed E-state index contributed by atoms with van der Waals surface area (Å²) in [6.07, 6.45) is 1.86. The highest BCUT2D eigenvalue weighted by atomic mass is 16.5. The number of hydrogen-bond acceptors (Lipinski definition) is 4. The van der Waals surface area contributed by atoms with Crippen molar-refractivity contribution in [3.05, 3.63) is 42.6 Å². The molecular formula is C14H17N3O. The van der Waals surface area contributed by atoms with Crippen LogP contribution in [0.5, 0.6) is 5.75 Å². The van der Waals surface area contributed by atoms with E-state index in [-0.39, 0.29) is 6.10 Å². The third kappa shape index (κ3) is 3.38. The van der Waals surface area contributed by atoms with Gasteiger partial charge in [-0.15, -0.1) is 0 Å². The van der Waals surface area contributed by atoms with E-state index < -0.39 is 0 Å². The normalized spacial score (nSPS) is 10.4. The van der Waals surface area contributed by atoms with E-state index in [1.807, 2.05) is 44.2 Å². The van der Waals surface area contributed by atoms with Crippen LogP contribution in [-0.4, -0.2) is 11.1 Å². The van der Waals surface area contributed by atoms with Crippen LogP contribution in [0.25, 0.3) is 0 Å². The van der Waals surface area contributed by atoms with Gasteiger partial charge in [0.1, 0.15) is 11.6 Å². The maximum atomic E-state index is 5.62. The summed E-state index contributed by atoms with van der Waals surface area (Å²) < 4.78 is 5.58. The molecule has 18 heavy (non-hydrogen) atoms. The molecule has 1 aromatic carbocycles. The third-order valence-corrected chi connectivity index (χ3v) is 2.30. The van der Waals surface area contributed by atoms with E-state index in [0.29, 0.717) is 5.82 Å². The van der Waals surface area contributed by atoms with Crippen LogP contribution >= 0.6 is 0 Å². The zero-order valence-corrected chi connectivity index (χ0v) is 10.6. The summed E-state index contributed by atoms with van der Waals surface area (Å²) in [5.74, 6) is 1.37. The summed E-state index contributed by atoms with van der Waals surface area (Å²) in [5, 5.41) is 3.25. The number of nitrogen functional groups attached to an aromatic ring is 1. The lowest BCUT2D eigenvalue weighted by Crippen LogP contribution is -2.05. The Bertz CT molecular complexity index is 509. The van der Waals surface area contributed by atoms with Crippen molar-refractivity contribution in [2.45, 2.75) is 20.0 Å². The minimum Gasteiger partial charge on any atom is -0.491 e. The minimum absolute atomic E-state index is 0.184. The van der Waals surface area contributed by atoms with Crippen molar-refractivity contribution in [3.63, 3.8) is 0 Å². The fourth-order valence-corrected chi connectivity index (χ4v) is 1.58. The Hall–Kier alpha value is -2.23. The number of benzene rings is 1. The summed E-state index contributed by atoms with van der Waals surface area (Å²) in [4.78, 5) is 3.95. The fraction of sp³-hybridized carbons (Fsp3) is 0.214. The Kier molecular flexibility index (Phi) is 3.67. The molecule has 0 fully saturated rings. The summed E-state index contributed by atoms with van der Waals surface area (Å²) in [5.41, 5.74) is 7.52. The Morgan fingerprint density at radius 1 is 1.11 bits per heavy atom. The molecular weight excluding hydrogens is 226 g/mol. The molecule has 0 aliphatic carbocycles. The van der Waals surface area contributed by atoms with Gasteiger partial charge in [0.05, 0.1) is 6.10 Å². The van der Waals surface area contributed by atoms with Gasteiger partial charge in [-0.2, -0.15) is 0 Å². The number of rotatable bonds is 4. The second-order valence-electron chi connectivity index (χ2n) is 4.29. The van der Waals surface area contributed by atoms with Gasteiger partial charge >= 0.3 is 0 Å². The smallest absolute Gasteiger partial charge is 0.125 e. The van der Waals surface area contributed by atoms with Crippen LogP contribution < -0.4 is 15.8 Å². The van der Waals surface area contributed by atoms with Crippen molar-refractivity contribution in [3.8, 4) is 5.75 Å². The largest absolute Gasteiger partial charge is 0.491 e. The SMILES string of the molecule is CC(C)Oc1ccc(Nc2ccnc(N)c2)cc1. The number of pyridine rings is 1. The second-order valence-corrected chi connectivity index (χ2v) is 4.29. The molecule has 0 spiro atoms. The third-order valence-electron chi connectivity index (χ3n) is 2.30. The Balaban J connectivity index is 2.06. The number of aromatic nitrogens is 1. The van der Waals surface area contributed by atoms with E-state index in [0.717, 1.165) is 17.1 Å². The van der Waals surface area contributed by atoms with E-state index in [1.54, 1.807) is 12.3 Å². The van der Waals surface area contributed by atoms with Crippen LogP contribution in [0, 0.1) is 0 Å². The monoisotopic (exact) mass is 243 g/mol. The number of anilines is 3. The summed E-state index contributed by atoms with van der Waals surface area (Å²) in [7, 11) is 0. The van der Waals surface area contributed by atoms with E-state index in [2.05, 4.69) is 10.3 Å². The van der Waals surface area contributed by atoms with E-state index in [9.17, 15) is 0 Å². The molecule has 0 unspecified atom stereocenters. The van der Waals surface area contributed by atoms with Gasteiger partial charge in [-0.25, -0.2) is 4.98 Å². The van der Waals surface area contributed by atoms with Crippen LogP contribution in [0.1, 0.15) is 13.8 Å². The standard InChI is InChI=1S/C14H17N3O/c1-10(2)18-13-5-3-11(4-6-13)17-12-7-8-16-14(15)9-12/h3-10H,1-2H3,(H3,15,16,17). The van der Waals surface area contributed by atoms with Crippen LogP contribution in [-0.2, 0) is 0 Å². The molecule has 2 rings (SSSR count). The molecule has 0 saturated heterocycles. The van der Waals surface area contributed by atoms with Gasteiger partial charge < -0.3 is 15.8 Å². The first kappa shape index (κ1) is 12.2. The number of nitrogens with two attached hydrogens (primary N) is 1. The van der Waals surface area contributed by atoms with Gasteiger partial charge in [-0.05, 0) is 44.2 Å². The molecule has 0 bridgehead atoms. The average Bonchev–Trinajstić information content (AvgIpc) is 2.31. The van der Waals surface area contributed by atoms with Crippen molar-refractivity contribution < 1.29 is 4.74 Å². The highest BCUT2D eigenvalue weighted by Gasteiger charge is 1.99. The molecule has 0 aliphatic rings. The lowest BCUT2D eigenvalue weighted by molar-refractivity contribution is 0.242. The van der Waals surface area contributed by atoms with Gasteiger partial charge in [-0.1, -0.05) is 0 Å². The molecule has 94 valence electrons. The van der Waals surface area contributed by atoms with Crippen molar-refractivity contribution in [1.82, 2.24) is 4.98 Å². The van der Waals surface area contributed by atoms with Crippen LogP contribution in [0.3, 0.4) is 0 Å². The zero-order chi connectivity index (χ0) is 13.0. The predicted octanol–water partition coefficient (Wildman–Crippen LogP) is 3.19. The molecule has 0 saturated carbocycles. The quantitative estimate of drug-likeness (QED) is 0.865. The van der Waals surface area contributed by atoms with E-state index in [1.165, 1.54) is 0 Å². The summed E-state index contributed by atoms with van der Waals surface area (Å²) in [6.45, 7) is 4.01. The predicted molar refractivity (Wildman–Crippen MR) is 74.1 cm³/mol. The topological polar surface area (TPSA) is 60.2 Å². The first-order chi connectivity index (χ1) is 8.63. The van der Waals surface area contributed by atoms with Gasteiger partial charge in [0.2, 0.25) is 0 Å². The van der Waals surface area contributed by atoms with E-state index in [4.69, 9.17) is 10.5 Å². The molecule has 0 atom stereocenters. The summed E-state index contributed by atoms with van der Waals surface area (Å²) in [6, 6.07) is 11.5. The van der Waals surface area contributed by atoms with Crippen LogP contribution in [0.15, 0.2) is 42.6 Å². The van der Waals surface area contributed by atoms with Gasteiger partial charge in [0.25, 0.3) is 0 Å². The molecule has 1 heterocycles. The number of ether oxygens (including phenoxy) is 1. The highest BCUT2D eigenvalue weighted by Crippen LogP contribution is 2.21. The van der Waals surface area contributed by atoms with Crippen LogP contribution in [0.4, 0.5) is 17.2 Å². The molecule has 0 radical (unpaired) electrons. The molecule has 4 nitrogen and oxygen atoms in total. The number of nitrogens with zero attached hydrogens (tertiary/aromatic N) is 1. The van der Waals surface area contributed by atoms with Crippen molar-refractivity contribution in [2.75, 3.05) is 11.1 Å². The maximum Gasteiger partial charge on any atom is 0.125 e. The number of nitrogens with one attached hydrogen (secondary N) is 1. The summed E-state index contributed by atoms with van der Waals surface area (Å²) >= 11 is 0. The van der Waals surface area contributed by atoms with Gasteiger partial charge in [-0.3, -0.25) is 0 Å². The molecule has 1 aromatic heterocycles. The Morgan fingerprint density at radius 2 is 1.83 bits per heavy atom. The molecule has 3 N–H and O–H groups in total. The molecule has 0 aliphatic heterocycles.